The minimum Gasteiger partial charge on any atom is -0.420 e. The summed E-state index contributed by atoms with van der Waals surface area (Å²) in [6.45, 7) is 1.90. The second-order valence-electron chi connectivity index (χ2n) is 5.94. The maximum Gasteiger partial charge on any atom is 0.271 e. The second kappa shape index (κ2) is 6.22. The van der Waals surface area contributed by atoms with Crippen LogP contribution >= 0.6 is 27.3 Å². The van der Waals surface area contributed by atoms with E-state index in [9.17, 15) is 8.42 Å². The summed E-state index contributed by atoms with van der Waals surface area (Å²) in [5.41, 5.74) is 2.09. The van der Waals surface area contributed by atoms with E-state index < -0.39 is 10.0 Å². The van der Waals surface area contributed by atoms with E-state index in [1.165, 1.54) is 0 Å². The molecule has 1 saturated carbocycles. The van der Waals surface area contributed by atoms with E-state index in [0.717, 1.165) is 34.2 Å². The predicted octanol–water partition coefficient (Wildman–Crippen LogP) is 4.55. The Balaban J connectivity index is 1.57. The van der Waals surface area contributed by atoms with Gasteiger partial charge in [0, 0.05) is 21.5 Å². The van der Waals surface area contributed by atoms with Crippen molar-refractivity contribution in [3.63, 3.8) is 0 Å². The van der Waals surface area contributed by atoms with Gasteiger partial charge in [0.15, 0.2) is 0 Å². The molecule has 1 aromatic carbocycles. The van der Waals surface area contributed by atoms with E-state index in [-0.39, 0.29) is 4.21 Å². The number of halogens is 1. The van der Waals surface area contributed by atoms with E-state index in [4.69, 9.17) is 4.42 Å². The number of rotatable bonds is 5. The van der Waals surface area contributed by atoms with Gasteiger partial charge in [-0.3, -0.25) is 4.72 Å². The first-order valence-corrected chi connectivity index (χ1v) is 10.8. The van der Waals surface area contributed by atoms with Gasteiger partial charge < -0.3 is 4.42 Å². The van der Waals surface area contributed by atoms with Gasteiger partial charge in [0.05, 0.1) is 5.56 Å². The molecule has 0 radical (unpaired) electrons. The van der Waals surface area contributed by atoms with Crippen molar-refractivity contribution in [1.29, 1.82) is 0 Å². The number of sulfonamides is 1. The minimum absolute atomic E-state index is 0.203. The first-order valence-electron chi connectivity index (χ1n) is 7.64. The molecule has 6 nitrogen and oxygen atoms in total. The van der Waals surface area contributed by atoms with Gasteiger partial charge in [-0.25, -0.2) is 8.42 Å². The summed E-state index contributed by atoms with van der Waals surface area (Å²) in [5, 5.41) is 9.76. The summed E-state index contributed by atoms with van der Waals surface area (Å²) in [7, 11) is -3.66. The van der Waals surface area contributed by atoms with Crippen LogP contribution in [0.1, 0.15) is 30.2 Å². The third-order valence-electron chi connectivity index (χ3n) is 3.86. The second-order valence-corrected chi connectivity index (χ2v) is 9.62. The summed E-state index contributed by atoms with van der Waals surface area (Å²) < 4.78 is 34.5. The van der Waals surface area contributed by atoms with E-state index in [1.807, 2.05) is 13.0 Å². The van der Waals surface area contributed by atoms with Crippen molar-refractivity contribution >= 4 is 43.0 Å². The number of nitrogens with zero attached hydrogens (tertiary/aromatic N) is 2. The monoisotopic (exact) mass is 439 g/mol. The summed E-state index contributed by atoms with van der Waals surface area (Å²) in [4.78, 5) is 0. The quantitative estimate of drug-likeness (QED) is 0.629. The highest BCUT2D eigenvalue weighted by Crippen LogP contribution is 2.40. The van der Waals surface area contributed by atoms with Gasteiger partial charge in [0.1, 0.15) is 4.21 Å². The summed E-state index contributed by atoms with van der Waals surface area (Å²) in [6.07, 6.45) is 2.14. The average molecular weight is 440 g/mol. The maximum absolute atomic E-state index is 12.6. The smallest absolute Gasteiger partial charge is 0.271 e. The van der Waals surface area contributed by atoms with Gasteiger partial charge in [-0.2, -0.15) is 0 Å². The molecule has 0 atom stereocenters. The highest BCUT2D eigenvalue weighted by molar-refractivity contribution is 9.10. The van der Waals surface area contributed by atoms with Crippen LogP contribution in [0.3, 0.4) is 0 Å². The Morgan fingerprint density at radius 1 is 1.28 bits per heavy atom. The molecule has 2 aromatic heterocycles. The lowest BCUT2D eigenvalue weighted by molar-refractivity contribution is 0.508. The normalized spacial score (nSPS) is 14.6. The zero-order chi connectivity index (χ0) is 17.6. The standard InChI is InChI=1S/C16H14BrN3O3S2/c1-9-6-12(4-5-13(9)17)20-25(21,22)14-7-11(8-24-14)16-19-18-15(23-16)10-2-3-10/h4-8,10,20H,2-3H2,1H3. The highest BCUT2D eigenvalue weighted by Gasteiger charge is 2.30. The fraction of sp³-hybridized carbons (Fsp3) is 0.250. The minimum atomic E-state index is -3.66. The molecule has 1 aliphatic carbocycles. The molecule has 4 rings (SSSR count). The zero-order valence-electron chi connectivity index (χ0n) is 13.2. The van der Waals surface area contributed by atoms with E-state index in [1.54, 1.807) is 23.6 Å². The van der Waals surface area contributed by atoms with Gasteiger partial charge in [-0.15, -0.1) is 21.5 Å². The van der Waals surface area contributed by atoms with Crippen molar-refractivity contribution in [2.24, 2.45) is 0 Å². The van der Waals surface area contributed by atoms with Gasteiger partial charge >= 0.3 is 0 Å². The lowest BCUT2D eigenvalue weighted by Crippen LogP contribution is -2.11. The van der Waals surface area contributed by atoms with Gasteiger partial charge in [0.25, 0.3) is 10.0 Å². The van der Waals surface area contributed by atoms with Gasteiger partial charge in [0.2, 0.25) is 11.8 Å². The van der Waals surface area contributed by atoms with Crippen LogP contribution < -0.4 is 4.72 Å². The molecule has 0 amide bonds. The number of aromatic nitrogens is 2. The first kappa shape index (κ1) is 16.7. The van der Waals surface area contributed by atoms with E-state index >= 15 is 0 Å². The van der Waals surface area contributed by atoms with E-state index in [2.05, 4.69) is 30.8 Å². The molecule has 1 N–H and O–H groups in total. The molecule has 1 aliphatic rings. The summed E-state index contributed by atoms with van der Waals surface area (Å²) in [5.74, 6) is 1.36. The number of hydrogen-bond donors (Lipinski definition) is 1. The van der Waals surface area contributed by atoms with Crippen molar-refractivity contribution < 1.29 is 12.8 Å². The molecule has 0 unspecified atom stereocenters. The predicted molar refractivity (Wildman–Crippen MR) is 99.3 cm³/mol. The number of hydrogen-bond acceptors (Lipinski definition) is 6. The van der Waals surface area contributed by atoms with Crippen molar-refractivity contribution in [3.8, 4) is 11.5 Å². The van der Waals surface area contributed by atoms with Crippen molar-refractivity contribution in [2.45, 2.75) is 29.9 Å². The van der Waals surface area contributed by atoms with Crippen LogP contribution in [0.5, 0.6) is 0 Å². The van der Waals surface area contributed by atoms with Crippen LogP contribution in [0.4, 0.5) is 5.69 Å². The molecule has 0 spiro atoms. The van der Waals surface area contributed by atoms with Crippen molar-refractivity contribution in [3.05, 3.63) is 45.6 Å². The number of thiophene rings is 1. The first-order chi connectivity index (χ1) is 11.9. The Kier molecular flexibility index (Phi) is 4.17. The Morgan fingerprint density at radius 3 is 2.80 bits per heavy atom. The molecule has 1 fully saturated rings. The molecule has 0 aliphatic heterocycles. The lowest BCUT2D eigenvalue weighted by Gasteiger charge is -2.07. The number of anilines is 1. The molecule has 25 heavy (non-hydrogen) atoms. The van der Waals surface area contributed by atoms with Crippen LogP contribution in [0, 0.1) is 6.92 Å². The molecule has 2 heterocycles. The molecule has 9 heteroatoms. The average Bonchev–Trinajstić information content (AvgIpc) is 3.10. The topological polar surface area (TPSA) is 85.1 Å². The third kappa shape index (κ3) is 3.49. The van der Waals surface area contributed by atoms with Crippen molar-refractivity contribution in [1.82, 2.24) is 10.2 Å². The lowest BCUT2D eigenvalue weighted by atomic mass is 10.2. The Morgan fingerprint density at radius 2 is 2.08 bits per heavy atom. The van der Waals surface area contributed by atoms with Gasteiger partial charge in [-0.1, -0.05) is 15.9 Å². The largest absolute Gasteiger partial charge is 0.420 e. The van der Waals surface area contributed by atoms with Crippen LogP contribution in [0.15, 0.2) is 42.7 Å². The molecule has 3 aromatic rings. The molecule has 0 bridgehead atoms. The fourth-order valence-corrected chi connectivity index (χ4v) is 4.78. The Hall–Kier alpha value is -1.71. The van der Waals surface area contributed by atoms with Crippen LogP contribution in [0.25, 0.3) is 11.5 Å². The Labute approximate surface area is 157 Å². The molecular formula is C16H14BrN3O3S2. The number of nitrogens with one attached hydrogen (secondary N) is 1. The maximum atomic E-state index is 12.6. The van der Waals surface area contributed by atoms with Crippen molar-refractivity contribution in [2.75, 3.05) is 4.72 Å². The number of aryl methyl sites for hydroxylation is 1. The zero-order valence-corrected chi connectivity index (χ0v) is 16.4. The number of benzene rings is 1. The Bertz CT molecular complexity index is 1040. The highest BCUT2D eigenvalue weighted by atomic mass is 79.9. The third-order valence-corrected chi connectivity index (χ3v) is 7.58. The van der Waals surface area contributed by atoms with Crippen LogP contribution in [-0.2, 0) is 10.0 Å². The molecule has 130 valence electrons. The SMILES string of the molecule is Cc1cc(NS(=O)(=O)c2cc(-c3nnc(C4CC4)o3)cs2)ccc1Br. The van der Waals surface area contributed by atoms with Crippen LogP contribution in [0.2, 0.25) is 0 Å². The van der Waals surface area contributed by atoms with E-state index in [0.29, 0.717) is 29.0 Å². The molecular weight excluding hydrogens is 426 g/mol. The van der Waals surface area contributed by atoms with Gasteiger partial charge in [-0.05, 0) is 49.6 Å². The van der Waals surface area contributed by atoms with Crippen LogP contribution in [-0.4, -0.2) is 18.6 Å². The fourth-order valence-electron chi connectivity index (χ4n) is 2.33. The molecule has 0 saturated heterocycles. The summed E-state index contributed by atoms with van der Waals surface area (Å²) >= 11 is 4.52. The summed E-state index contributed by atoms with van der Waals surface area (Å²) in [6, 6.07) is 6.85.